The lowest BCUT2D eigenvalue weighted by atomic mass is 9.99. The molecule has 0 bridgehead atoms. The number of hydrogen-bond acceptors (Lipinski definition) is 4. The van der Waals surface area contributed by atoms with E-state index >= 15 is 0 Å². The lowest BCUT2D eigenvalue weighted by molar-refractivity contribution is -0.138. The molecule has 2 aromatic rings. The Balaban J connectivity index is 1.80. The summed E-state index contributed by atoms with van der Waals surface area (Å²) < 4.78 is 27.3. The zero-order valence-electron chi connectivity index (χ0n) is 13.0. The molecule has 2 aromatic carbocycles. The summed E-state index contributed by atoms with van der Waals surface area (Å²) in [7, 11) is -3.63. The van der Waals surface area contributed by atoms with Gasteiger partial charge in [0.25, 0.3) is 10.0 Å². The van der Waals surface area contributed by atoms with Crippen LogP contribution in [0.2, 0.25) is 0 Å². The molecule has 0 atom stereocenters. The molecule has 1 heterocycles. The summed E-state index contributed by atoms with van der Waals surface area (Å²) in [6.45, 7) is 1.18. The number of nitrogens with zero attached hydrogens (tertiary/aromatic N) is 1. The van der Waals surface area contributed by atoms with E-state index in [1.807, 2.05) is 11.0 Å². The van der Waals surface area contributed by atoms with Gasteiger partial charge in [-0.3, -0.25) is 14.4 Å². The number of anilines is 1. The molecule has 1 aliphatic rings. The summed E-state index contributed by atoms with van der Waals surface area (Å²) in [5.41, 5.74) is 2.56. The van der Waals surface area contributed by atoms with E-state index in [9.17, 15) is 13.2 Å². The summed E-state index contributed by atoms with van der Waals surface area (Å²) >= 11 is 0. The molecule has 0 aliphatic carbocycles. The number of rotatable bonds is 5. The first-order chi connectivity index (χ1) is 11.4. The Morgan fingerprint density at radius 3 is 2.58 bits per heavy atom. The number of hydrogen-bond donors (Lipinski definition) is 2. The maximum Gasteiger partial charge on any atom is 0.317 e. The van der Waals surface area contributed by atoms with Crippen molar-refractivity contribution >= 4 is 21.7 Å². The van der Waals surface area contributed by atoms with Crippen molar-refractivity contribution in [2.45, 2.75) is 17.9 Å². The van der Waals surface area contributed by atoms with E-state index < -0.39 is 16.0 Å². The predicted octanol–water partition coefficient (Wildman–Crippen LogP) is 1.93. The third-order valence-corrected chi connectivity index (χ3v) is 5.36. The third-order valence-electron chi connectivity index (χ3n) is 3.96. The van der Waals surface area contributed by atoms with Gasteiger partial charge in [-0.1, -0.05) is 24.3 Å². The monoisotopic (exact) mass is 346 g/mol. The van der Waals surface area contributed by atoms with E-state index in [0.29, 0.717) is 18.8 Å². The number of benzene rings is 2. The van der Waals surface area contributed by atoms with Crippen LogP contribution in [0, 0.1) is 0 Å². The number of aliphatic carboxylic acids is 1. The highest BCUT2D eigenvalue weighted by Crippen LogP contribution is 2.24. The maximum absolute atomic E-state index is 12.4. The van der Waals surface area contributed by atoms with Gasteiger partial charge < -0.3 is 5.11 Å². The van der Waals surface area contributed by atoms with Crippen molar-refractivity contribution < 1.29 is 18.3 Å². The summed E-state index contributed by atoms with van der Waals surface area (Å²) in [4.78, 5) is 12.9. The average molecular weight is 346 g/mol. The van der Waals surface area contributed by atoms with Crippen molar-refractivity contribution in [2.24, 2.45) is 0 Å². The minimum absolute atomic E-state index is 0.0145. The van der Waals surface area contributed by atoms with Gasteiger partial charge in [0.05, 0.1) is 11.4 Å². The molecule has 1 aliphatic heterocycles. The van der Waals surface area contributed by atoms with Crippen LogP contribution < -0.4 is 4.72 Å². The van der Waals surface area contributed by atoms with Crippen molar-refractivity contribution in [2.75, 3.05) is 17.8 Å². The summed E-state index contributed by atoms with van der Waals surface area (Å²) in [5, 5.41) is 8.91. The number of carboxylic acid groups (broad SMARTS) is 1. The SMILES string of the molecule is O=C(O)CN1CCc2ccc(NS(=O)(=O)c3ccccc3)cc2C1. The number of sulfonamides is 1. The maximum atomic E-state index is 12.4. The van der Waals surface area contributed by atoms with Crippen LogP contribution in [0.5, 0.6) is 0 Å². The average Bonchev–Trinajstić information content (AvgIpc) is 2.54. The first kappa shape index (κ1) is 16.5. The first-order valence-electron chi connectivity index (χ1n) is 7.58. The molecule has 0 radical (unpaired) electrons. The fourth-order valence-corrected chi connectivity index (χ4v) is 3.89. The lowest BCUT2D eigenvalue weighted by Crippen LogP contribution is -2.34. The van der Waals surface area contributed by atoms with Crippen LogP contribution in [0.25, 0.3) is 0 Å². The number of fused-ring (bicyclic) bond motifs is 1. The van der Waals surface area contributed by atoms with E-state index in [-0.39, 0.29) is 11.4 Å². The van der Waals surface area contributed by atoms with Crippen molar-refractivity contribution in [1.29, 1.82) is 0 Å². The second-order valence-corrected chi connectivity index (χ2v) is 7.44. The Morgan fingerprint density at radius 2 is 1.88 bits per heavy atom. The lowest BCUT2D eigenvalue weighted by Gasteiger charge is -2.27. The molecule has 0 saturated heterocycles. The van der Waals surface area contributed by atoms with Gasteiger partial charge in [0.15, 0.2) is 0 Å². The van der Waals surface area contributed by atoms with Gasteiger partial charge in [0.2, 0.25) is 0 Å². The minimum atomic E-state index is -3.63. The van der Waals surface area contributed by atoms with Gasteiger partial charge in [0, 0.05) is 18.8 Å². The normalized spacial score (nSPS) is 14.8. The van der Waals surface area contributed by atoms with E-state index in [1.54, 1.807) is 30.3 Å². The zero-order chi connectivity index (χ0) is 17.2. The smallest absolute Gasteiger partial charge is 0.317 e. The highest BCUT2D eigenvalue weighted by atomic mass is 32.2. The van der Waals surface area contributed by atoms with Gasteiger partial charge in [0.1, 0.15) is 0 Å². The molecule has 6 nitrogen and oxygen atoms in total. The highest BCUT2D eigenvalue weighted by molar-refractivity contribution is 7.92. The van der Waals surface area contributed by atoms with Crippen molar-refractivity contribution in [3.63, 3.8) is 0 Å². The van der Waals surface area contributed by atoms with Crippen LogP contribution in [0.3, 0.4) is 0 Å². The summed E-state index contributed by atoms with van der Waals surface area (Å²) in [6.07, 6.45) is 0.758. The van der Waals surface area contributed by atoms with E-state index in [1.165, 1.54) is 12.1 Å². The molecule has 0 unspecified atom stereocenters. The van der Waals surface area contributed by atoms with Crippen molar-refractivity contribution in [1.82, 2.24) is 4.90 Å². The Hall–Kier alpha value is -2.38. The fraction of sp³-hybridized carbons (Fsp3) is 0.235. The first-order valence-corrected chi connectivity index (χ1v) is 9.06. The Labute approximate surface area is 140 Å². The fourth-order valence-electron chi connectivity index (χ4n) is 2.82. The number of carbonyl (C=O) groups is 1. The summed E-state index contributed by atoms with van der Waals surface area (Å²) in [5.74, 6) is -0.862. The second-order valence-electron chi connectivity index (χ2n) is 5.76. The quantitative estimate of drug-likeness (QED) is 0.864. The Kier molecular flexibility index (Phi) is 4.55. The molecule has 126 valence electrons. The van der Waals surface area contributed by atoms with E-state index in [4.69, 9.17) is 5.11 Å². The van der Waals surface area contributed by atoms with Crippen LogP contribution in [0.4, 0.5) is 5.69 Å². The number of carboxylic acids is 1. The molecule has 0 amide bonds. The largest absolute Gasteiger partial charge is 0.480 e. The molecular formula is C17H18N2O4S. The van der Waals surface area contributed by atoms with Crippen LogP contribution >= 0.6 is 0 Å². The summed E-state index contributed by atoms with van der Waals surface area (Å²) in [6, 6.07) is 13.6. The number of nitrogens with one attached hydrogen (secondary N) is 1. The third kappa shape index (κ3) is 3.74. The minimum Gasteiger partial charge on any atom is -0.480 e. The molecule has 24 heavy (non-hydrogen) atoms. The topological polar surface area (TPSA) is 86.7 Å². The Bertz CT molecular complexity index is 850. The molecule has 0 spiro atoms. The standard InChI is InChI=1S/C17H18N2O4S/c20-17(21)12-19-9-8-13-6-7-15(10-14(13)11-19)18-24(22,23)16-4-2-1-3-5-16/h1-7,10,18H,8-9,11-12H2,(H,20,21). The van der Waals surface area contributed by atoms with E-state index in [0.717, 1.165) is 17.5 Å². The molecule has 0 saturated carbocycles. The molecule has 7 heteroatoms. The van der Waals surface area contributed by atoms with E-state index in [2.05, 4.69) is 4.72 Å². The van der Waals surface area contributed by atoms with Crippen LogP contribution in [0.15, 0.2) is 53.4 Å². The predicted molar refractivity (Wildman–Crippen MR) is 90.3 cm³/mol. The van der Waals surface area contributed by atoms with Crippen LogP contribution in [-0.4, -0.2) is 37.5 Å². The van der Waals surface area contributed by atoms with Crippen molar-refractivity contribution in [3.05, 3.63) is 59.7 Å². The van der Waals surface area contributed by atoms with Crippen LogP contribution in [0.1, 0.15) is 11.1 Å². The highest BCUT2D eigenvalue weighted by Gasteiger charge is 2.20. The second kappa shape index (κ2) is 6.62. The van der Waals surface area contributed by atoms with Gasteiger partial charge in [-0.15, -0.1) is 0 Å². The Morgan fingerprint density at radius 1 is 1.12 bits per heavy atom. The van der Waals surface area contributed by atoms with Gasteiger partial charge in [-0.2, -0.15) is 0 Å². The van der Waals surface area contributed by atoms with Gasteiger partial charge >= 0.3 is 5.97 Å². The molecular weight excluding hydrogens is 328 g/mol. The molecule has 0 fully saturated rings. The van der Waals surface area contributed by atoms with Gasteiger partial charge in [-0.25, -0.2) is 8.42 Å². The molecule has 2 N–H and O–H groups in total. The molecule has 3 rings (SSSR count). The zero-order valence-corrected chi connectivity index (χ0v) is 13.8. The van der Waals surface area contributed by atoms with Gasteiger partial charge in [-0.05, 0) is 41.8 Å². The van der Waals surface area contributed by atoms with Crippen LogP contribution in [-0.2, 0) is 27.8 Å². The van der Waals surface area contributed by atoms with Crippen molar-refractivity contribution in [3.8, 4) is 0 Å². The molecule has 0 aromatic heterocycles.